The molecule has 118 valence electrons. The fourth-order valence-electron chi connectivity index (χ4n) is 2.14. The molecule has 0 amide bonds. The van der Waals surface area contributed by atoms with E-state index in [9.17, 15) is 0 Å². The molecule has 0 radical (unpaired) electrons. The topological polar surface area (TPSA) is 88.8 Å². The van der Waals surface area contributed by atoms with Gasteiger partial charge in [0.1, 0.15) is 5.76 Å². The Kier molecular flexibility index (Phi) is 4.78. The van der Waals surface area contributed by atoms with Crippen molar-refractivity contribution in [2.24, 2.45) is 0 Å². The molecule has 0 saturated carbocycles. The summed E-state index contributed by atoms with van der Waals surface area (Å²) in [6.45, 7) is 2.64. The van der Waals surface area contributed by atoms with Crippen LogP contribution in [0.15, 0.2) is 47.1 Å². The summed E-state index contributed by atoms with van der Waals surface area (Å²) in [7, 11) is 0. The second kappa shape index (κ2) is 7.35. The van der Waals surface area contributed by atoms with Gasteiger partial charge in [-0.25, -0.2) is 0 Å². The van der Waals surface area contributed by atoms with Crippen LogP contribution in [0.5, 0.6) is 0 Å². The normalized spacial score (nSPS) is 10.5. The summed E-state index contributed by atoms with van der Waals surface area (Å²) in [6.07, 6.45) is 3.64. The molecule has 7 nitrogen and oxygen atoms in total. The molecule has 0 aliphatic heterocycles. The number of rotatable bonds is 7. The van der Waals surface area contributed by atoms with Gasteiger partial charge in [-0.2, -0.15) is 10.1 Å². The van der Waals surface area contributed by atoms with Crippen molar-refractivity contribution in [3.05, 3.63) is 53.9 Å². The van der Waals surface area contributed by atoms with E-state index in [2.05, 4.69) is 55.2 Å². The zero-order chi connectivity index (χ0) is 15.9. The molecule has 3 rings (SSSR count). The molecule has 2 heterocycles. The van der Waals surface area contributed by atoms with Crippen LogP contribution >= 0.6 is 0 Å². The maximum Gasteiger partial charge on any atom is 0.250 e. The van der Waals surface area contributed by atoms with Crippen LogP contribution in [0.2, 0.25) is 0 Å². The van der Waals surface area contributed by atoms with E-state index in [0.29, 0.717) is 17.6 Å². The maximum absolute atomic E-state index is 4.98. The van der Waals surface area contributed by atoms with Crippen LogP contribution in [0.4, 0.5) is 17.6 Å². The number of nitrogens with one attached hydrogen (secondary N) is 2. The first kappa shape index (κ1) is 15.0. The summed E-state index contributed by atoms with van der Waals surface area (Å²) in [5.41, 5.74) is 1.33. The van der Waals surface area contributed by atoms with Crippen molar-refractivity contribution >= 4 is 17.6 Å². The van der Waals surface area contributed by atoms with Crippen LogP contribution in [0.1, 0.15) is 17.7 Å². The fraction of sp³-hybridized carbons (Fsp3) is 0.250. The number of benzene rings is 1. The number of hydrogen-bond acceptors (Lipinski definition) is 7. The molecule has 0 unspecified atom stereocenters. The van der Waals surface area contributed by atoms with Crippen molar-refractivity contribution in [1.82, 2.24) is 20.3 Å². The lowest BCUT2D eigenvalue weighted by molar-refractivity contribution is 0.400. The SMILES string of the molecule is Cc1cc(Nc2nncc(NCCCc3ccccc3)n2)no1. The van der Waals surface area contributed by atoms with Gasteiger partial charge in [-0.1, -0.05) is 35.5 Å². The second-order valence-electron chi connectivity index (χ2n) is 5.13. The minimum atomic E-state index is 0.381. The molecule has 2 aromatic heterocycles. The first-order valence-electron chi connectivity index (χ1n) is 7.47. The van der Waals surface area contributed by atoms with Crippen LogP contribution in [0, 0.1) is 6.92 Å². The minimum Gasteiger partial charge on any atom is -0.369 e. The van der Waals surface area contributed by atoms with Gasteiger partial charge < -0.3 is 15.2 Å². The summed E-state index contributed by atoms with van der Waals surface area (Å²) in [6, 6.07) is 12.2. The van der Waals surface area contributed by atoms with Gasteiger partial charge in [-0.3, -0.25) is 0 Å². The van der Waals surface area contributed by atoms with Crippen molar-refractivity contribution in [3.8, 4) is 0 Å². The average Bonchev–Trinajstić information content (AvgIpc) is 2.98. The molecule has 7 heteroatoms. The molecule has 23 heavy (non-hydrogen) atoms. The fourth-order valence-corrected chi connectivity index (χ4v) is 2.14. The Balaban J connectivity index is 1.49. The highest BCUT2D eigenvalue weighted by atomic mass is 16.5. The third-order valence-corrected chi connectivity index (χ3v) is 3.22. The Morgan fingerprint density at radius 3 is 2.78 bits per heavy atom. The van der Waals surface area contributed by atoms with E-state index in [1.807, 2.05) is 13.0 Å². The van der Waals surface area contributed by atoms with Crippen LogP contribution in [0.3, 0.4) is 0 Å². The second-order valence-corrected chi connectivity index (χ2v) is 5.13. The minimum absolute atomic E-state index is 0.381. The number of hydrogen-bond donors (Lipinski definition) is 2. The highest BCUT2D eigenvalue weighted by molar-refractivity contribution is 5.48. The molecule has 0 bridgehead atoms. The predicted octanol–water partition coefficient (Wildman–Crippen LogP) is 2.96. The van der Waals surface area contributed by atoms with E-state index in [-0.39, 0.29) is 0 Å². The molecule has 3 aromatic rings. The monoisotopic (exact) mass is 310 g/mol. The first-order chi connectivity index (χ1) is 11.3. The van der Waals surface area contributed by atoms with E-state index >= 15 is 0 Å². The van der Waals surface area contributed by atoms with Gasteiger partial charge >= 0.3 is 0 Å². The van der Waals surface area contributed by atoms with Gasteiger partial charge in [0.2, 0.25) is 5.95 Å². The van der Waals surface area contributed by atoms with Gasteiger partial charge in [0, 0.05) is 12.6 Å². The van der Waals surface area contributed by atoms with Crippen molar-refractivity contribution < 1.29 is 4.52 Å². The zero-order valence-corrected chi connectivity index (χ0v) is 12.9. The molecule has 0 atom stereocenters. The highest BCUT2D eigenvalue weighted by Crippen LogP contribution is 2.13. The van der Waals surface area contributed by atoms with Crippen molar-refractivity contribution in [2.75, 3.05) is 17.2 Å². The quantitative estimate of drug-likeness (QED) is 0.648. The number of anilines is 3. The van der Waals surface area contributed by atoms with Crippen LogP contribution < -0.4 is 10.6 Å². The Morgan fingerprint density at radius 1 is 1.13 bits per heavy atom. The lowest BCUT2D eigenvalue weighted by Gasteiger charge is -2.06. The smallest absolute Gasteiger partial charge is 0.250 e. The Morgan fingerprint density at radius 2 is 2.00 bits per heavy atom. The van der Waals surface area contributed by atoms with Gasteiger partial charge in [0.15, 0.2) is 11.6 Å². The van der Waals surface area contributed by atoms with E-state index in [1.165, 1.54) is 5.56 Å². The number of aromatic nitrogens is 4. The van der Waals surface area contributed by atoms with Gasteiger partial charge in [-0.15, -0.1) is 5.10 Å². The Labute approximate surface area is 134 Å². The third kappa shape index (κ3) is 4.50. The number of aryl methyl sites for hydroxylation is 2. The largest absolute Gasteiger partial charge is 0.369 e. The summed E-state index contributed by atoms with van der Waals surface area (Å²) in [5.74, 6) is 2.34. The summed E-state index contributed by atoms with van der Waals surface area (Å²) < 4.78 is 4.98. The van der Waals surface area contributed by atoms with Gasteiger partial charge in [0.25, 0.3) is 0 Å². The number of nitrogens with zero attached hydrogens (tertiary/aromatic N) is 4. The molecule has 0 aliphatic carbocycles. The van der Waals surface area contributed by atoms with Crippen LogP contribution in [0.25, 0.3) is 0 Å². The van der Waals surface area contributed by atoms with Crippen molar-refractivity contribution in [3.63, 3.8) is 0 Å². The summed E-state index contributed by atoms with van der Waals surface area (Å²) in [4.78, 5) is 4.34. The summed E-state index contributed by atoms with van der Waals surface area (Å²) in [5, 5.41) is 17.9. The molecular formula is C16H18N6O. The van der Waals surface area contributed by atoms with E-state index < -0.39 is 0 Å². The Hall–Kier alpha value is -2.96. The molecular weight excluding hydrogens is 292 g/mol. The first-order valence-corrected chi connectivity index (χ1v) is 7.47. The van der Waals surface area contributed by atoms with Crippen molar-refractivity contribution in [2.45, 2.75) is 19.8 Å². The molecule has 0 aliphatic rings. The van der Waals surface area contributed by atoms with E-state index in [4.69, 9.17) is 4.52 Å². The molecule has 1 aromatic carbocycles. The lowest BCUT2D eigenvalue weighted by Crippen LogP contribution is -2.07. The molecule has 0 spiro atoms. The molecule has 2 N–H and O–H groups in total. The molecule has 0 fully saturated rings. The van der Waals surface area contributed by atoms with Crippen LogP contribution in [-0.4, -0.2) is 26.9 Å². The molecule has 0 saturated heterocycles. The average molecular weight is 310 g/mol. The maximum atomic E-state index is 4.98. The zero-order valence-electron chi connectivity index (χ0n) is 12.9. The third-order valence-electron chi connectivity index (χ3n) is 3.22. The van der Waals surface area contributed by atoms with Crippen molar-refractivity contribution in [1.29, 1.82) is 0 Å². The standard InChI is InChI=1S/C16H18N6O/c1-12-10-14(22-23-12)19-16-20-15(11-18-21-16)17-9-5-8-13-6-3-2-4-7-13/h2-4,6-7,10-11H,5,8-9H2,1H3,(H2,17,19,20,21,22). The van der Waals surface area contributed by atoms with Gasteiger partial charge in [-0.05, 0) is 25.3 Å². The predicted molar refractivity (Wildman–Crippen MR) is 87.6 cm³/mol. The highest BCUT2D eigenvalue weighted by Gasteiger charge is 2.04. The van der Waals surface area contributed by atoms with Crippen LogP contribution in [-0.2, 0) is 6.42 Å². The Bertz CT molecular complexity index is 743. The van der Waals surface area contributed by atoms with E-state index in [1.54, 1.807) is 12.3 Å². The lowest BCUT2D eigenvalue weighted by atomic mass is 10.1. The van der Waals surface area contributed by atoms with E-state index in [0.717, 1.165) is 25.1 Å². The van der Waals surface area contributed by atoms with Gasteiger partial charge in [0.05, 0.1) is 6.20 Å². The summed E-state index contributed by atoms with van der Waals surface area (Å²) >= 11 is 0.